The Morgan fingerprint density at radius 3 is 2.81 bits per heavy atom. The number of pyridine rings is 1. The minimum Gasteiger partial charge on any atom is -0.368 e. The Kier molecular flexibility index (Phi) is 6.14. The van der Waals surface area contributed by atoms with Gasteiger partial charge in [0.05, 0.1) is 17.2 Å². The van der Waals surface area contributed by atoms with Gasteiger partial charge in [-0.2, -0.15) is 0 Å². The summed E-state index contributed by atoms with van der Waals surface area (Å²) in [6, 6.07) is 11.1. The SMILES string of the molecule is Cc1cccnc1NCCNC(=O)CCCn1cnc2ccccc2c1=O. The van der Waals surface area contributed by atoms with Gasteiger partial charge in [0, 0.05) is 32.3 Å². The fourth-order valence-electron chi connectivity index (χ4n) is 2.82. The number of carbonyl (C=O) groups is 1. The Morgan fingerprint density at radius 2 is 1.96 bits per heavy atom. The summed E-state index contributed by atoms with van der Waals surface area (Å²) in [5, 5.41) is 6.66. The molecule has 7 nitrogen and oxygen atoms in total. The molecule has 3 rings (SSSR count). The molecular formula is C20H23N5O2. The number of carbonyl (C=O) groups excluding carboxylic acids is 1. The molecule has 2 heterocycles. The van der Waals surface area contributed by atoms with Crippen LogP contribution in [0.2, 0.25) is 0 Å². The van der Waals surface area contributed by atoms with Crippen LogP contribution in [0.4, 0.5) is 5.82 Å². The quantitative estimate of drug-likeness (QED) is 0.597. The average molecular weight is 365 g/mol. The van der Waals surface area contributed by atoms with Gasteiger partial charge in [0.25, 0.3) is 5.56 Å². The van der Waals surface area contributed by atoms with Crippen molar-refractivity contribution in [2.75, 3.05) is 18.4 Å². The summed E-state index contributed by atoms with van der Waals surface area (Å²) in [7, 11) is 0. The van der Waals surface area contributed by atoms with Crippen molar-refractivity contribution in [1.29, 1.82) is 0 Å². The standard InChI is InChI=1S/C20H23N5O2/c1-15-6-4-10-22-19(15)23-12-11-21-18(26)9-5-13-25-14-24-17-8-3-2-7-16(17)20(25)27/h2-4,6-8,10,14H,5,9,11-13H2,1H3,(H,21,26)(H,22,23). The highest BCUT2D eigenvalue weighted by Crippen LogP contribution is 2.08. The maximum Gasteiger partial charge on any atom is 0.261 e. The molecule has 27 heavy (non-hydrogen) atoms. The number of hydrogen-bond donors (Lipinski definition) is 2. The molecule has 0 aliphatic heterocycles. The monoisotopic (exact) mass is 365 g/mol. The Bertz CT molecular complexity index is 983. The maximum absolute atomic E-state index is 12.4. The molecule has 0 atom stereocenters. The zero-order valence-electron chi connectivity index (χ0n) is 15.3. The van der Waals surface area contributed by atoms with Gasteiger partial charge >= 0.3 is 0 Å². The van der Waals surface area contributed by atoms with Crippen LogP contribution in [-0.2, 0) is 11.3 Å². The normalized spacial score (nSPS) is 10.7. The predicted octanol–water partition coefficient (Wildman–Crippen LogP) is 2.11. The molecule has 140 valence electrons. The molecule has 0 aliphatic carbocycles. The fraction of sp³-hybridized carbons (Fsp3) is 0.300. The Balaban J connectivity index is 1.40. The summed E-state index contributed by atoms with van der Waals surface area (Å²) in [5.74, 6) is 0.797. The molecule has 0 radical (unpaired) electrons. The van der Waals surface area contributed by atoms with Gasteiger partial charge < -0.3 is 10.6 Å². The van der Waals surface area contributed by atoms with Gasteiger partial charge in [-0.15, -0.1) is 0 Å². The van der Waals surface area contributed by atoms with Gasteiger partial charge in [0.1, 0.15) is 5.82 Å². The van der Waals surface area contributed by atoms with E-state index in [9.17, 15) is 9.59 Å². The maximum atomic E-state index is 12.4. The van der Waals surface area contributed by atoms with E-state index in [0.717, 1.165) is 11.4 Å². The highest BCUT2D eigenvalue weighted by atomic mass is 16.1. The van der Waals surface area contributed by atoms with Crippen molar-refractivity contribution in [2.45, 2.75) is 26.3 Å². The second-order valence-corrected chi connectivity index (χ2v) is 6.31. The summed E-state index contributed by atoms with van der Waals surface area (Å²) < 4.78 is 1.56. The Morgan fingerprint density at radius 1 is 1.11 bits per heavy atom. The van der Waals surface area contributed by atoms with Crippen LogP contribution in [0.5, 0.6) is 0 Å². The lowest BCUT2D eigenvalue weighted by atomic mass is 10.2. The van der Waals surface area contributed by atoms with Crippen molar-refractivity contribution in [3.63, 3.8) is 0 Å². The number of rotatable bonds is 8. The van der Waals surface area contributed by atoms with Crippen molar-refractivity contribution in [3.05, 3.63) is 64.8 Å². The van der Waals surface area contributed by atoms with Crippen molar-refractivity contribution in [2.24, 2.45) is 0 Å². The number of hydrogen-bond acceptors (Lipinski definition) is 5. The lowest BCUT2D eigenvalue weighted by Gasteiger charge is -2.09. The topological polar surface area (TPSA) is 88.9 Å². The third-order valence-electron chi connectivity index (χ3n) is 4.28. The summed E-state index contributed by atoms with van der Waals surface area (Å²) >= 11 is 0. The van der Waals surface area contributed by atoms with Crippen LogP contribution in [0.25, 0.3) is 10.9 Å². The third-order valence-corrected chi connectivity index (χ3v) is 4.28. The van der Waals surface area contributed by atoms with Crippen LogP contribution in [0.15, 0.2) is 53.7 Å². The van der Waals surface area contributed by atoms with Crippen LogP contribution in [0.3, 0.4) is 0 Å². The van der Waals surface area contributed by atoms with E-state index in [-0.39, 0.29) is 11.5 Å². The number of aromatic nitrogens is 3. The second kappa shape index (κ2) is 8.93. The molecule has 3 aromatic rings. The number of nitrogens with zero attached hydrogens (tertiary/aromatic N) is 3. The van der Waals surface area contributed by atoms with Gasteiger partial charge in [0.15, 0.2) is 0 Å². The second-order valence-electron chi connectivity index (χ2n) is 6.31. The third kappa shape index (κ3) is 4.91. The molecule has 2 N–H and O–H groups in total. The molecule has 0 aliphatic rings. The summed E-state index contributed by atoms with van der Waals surface area (Å²) in [5.41, 5.74) is 1.68. The van der Waals surface area contributed by atoms with E-state index < -0.39 is 0 Å². The molecule has 0 fully saturated rings. The number of fused-ring (bicyclic) bond motifs is 1. The molecule has 0 bridgehead atoms. The van der Waals surface area contributed by atoms with Crippen LogP contribution < -0.4 is 16.2 Å². The average Bonchev–Trinajstić information content (AvgIpc) is 2.68. The van der Waals surface area contributed by atoms with Gasteiger partial charge in [0.2, 0.25) is 5.91 Å². The van der Waals surface area contributed by atoms with Gasteiger partial charge in [-0.1, -0.05) is 18.2 Å². The number of amides is 1. The fourth-order valence-corrected chi connectivity index (χ4v) is 2.82. The predicted molar refractivity (Wildman–Crippen MR) is 106 cm³/mol. The summed E-state index contributed by atoms with van der Waals surface area (Å²) in [6.45, 7) is 3.58. The number of benzene rings is 1. The number of aryl methyl sites for hydroxylation is 2. The summed E-state index contributed by atoms with van der Waals surface area (Å²) in [4.78, 5) is 32.9. The molecule has 7 heteroatoms. The first kappa shape index (κ1) is 18.6. The highest BCUT2D eigenvalue weighted by molar-refractivity contribution is 5.77. The lowest BCUT2D eigenvalue weighted by molar-refractivity contribution is -0.121. The van der Waals surface area contributed by atoms with Crippen LogP contribution in [0, 0.1) is 6.92 Å². The van der Waals surface area contributed by atoms with E-state index in [4.69, 9.17) is 0 Å². The zero-order valence-corrected chi connectivity index (χ0v) is 15.3. The van der Waals surface area contributed by atoms with Crippen molar-refractivity contribution in [1.82, 2.24) is 19.9 Å². The van der Waals surface area contributed by atoms with E-state index in [0.29, 0.717) is 43.4 Å². The van der Waals surface area contributed by atoms with Crippen molar-refractivity contribution in [3.8, 4) is 0 Å². The van der Waals surface area contributed by atoms with E-state index in [1.54, 1.807) is 23.2 Å². The smallest absolute Gasteiger partial charge is 0.261 e. The minimum atomic E-state index is -0.0732. The molecule has 0 saturated carbocycles. The Labute approximate surface area is 157 Å². The molecule has 0 unspecified atom stereocenters. The lowest BCUT2D eigenvalue weighted by Crippen LogP contribution is -2.29. The first-order chi connectivity index (χ1) is 13.1. The molecule has 0 spiro atoms. The number of para-hydroxylation sites is 1. The van der Waals surface area contributed by atoms with Crippen molar-refractivity contribution >= 4 is 22.6 Å². The largest absolute Gasteiger partial charge is 0.368 e. The van der Waals surface area contributed by atoms with E-state index in [2.05, 4.69) is 20.6 Å². The Hall–Kier alpha value is -3.22. The van der Waals surface area contributed by atoms with Crippen LogP contribution in [0.1, 0.15) is 18.4 Å². The van der Waals surface area contributed by atoms with Crippen molar-refractivity contribution < 1.29 is 4.79 Å². The number of nitrogens with one attached hydrogen (secondary N) is 2. The molecule has 1 aromatic carbocycles. The molecule has 2 aromatic heterocycles. The van der Waals surface area contributed by atoms with Gasteiger partial charge in [-0.05, 0) is 37.1 Å². The zero-order chi connectivity index (χ0) is 19.1. The highest BCUT2D eigenvalue weighted by Gasteiger charge is 2.05. The molecular weight excluding hydrogens is 342 g/mol. The number of anilines is 1. The first-order valence-corrected chi connectivity index (χ1v) is 9.01. The van der Waals surface area contributed by atoms with Crippen LogP contribution in [-0.4, -0.2) is 33.5 Å². The van der Waals surface area contributed by atoms with Gasteiger partial charge in [-0.25, -0.2) is 9.97 Å². The van der Waals surface area contributed by atoms with E-state index in [1.165, 1.54) is 0 Å². The van der Waals surface area contributed by atoms with Gasteiger partial charge in [-0.3, -0.25) is 14.2 Å². The molecule has 1 amide bonds. The minimum absolute atomic E-state index is 0.0312. The summed E-state index contributed by atoms with van der Waals surface area (Å²) in [6.07, 6.45) is 4.22. The van der Waals surface area contributed by atoms with E-state index in [1.807, 2.05) is 37.3 Å². The first-order valence-electron chi connectivity index (χ1n) is 9.01. The molecule has 0 saturated heterocycles. The van der Waals surface area contributed by atoms with Crippen LogP contribution >= 0.6 is 0 Å². The van der Waals surface area contributed by atoms with E-state index >= 15 is 0 Å².